The Hall–Kier alpha value is -0.740. The standard InChI is InChI=1S/C14H23N3S/c1-3-4-5-6-9-13-14(16-18-15-13)12-8-7-10-17(2)11-12/h8H,3-7,9-11H2,1-2H3. The fraction of sp³-hybridized carbons (Fsp3) is 0.714. The number of aryl methyl sites for hydroxylation is 1. The van der Waals surface area contributed by atoms with E-state index in [2.05, 4.69) is 33.7 Å². The molecule has 0 spiro atoms. The zero-order chi connectivity index (χ0) is 12.8. The Morgan fingerprint density at radius 2 is 2.17 bits per heavy atom. The van der Waals surface area contributed by atoms with E-state index in [0.29, 0.717) is 0 Å². The summed E-state index contributed by atoms with van der Waals surface area (Å²) in [5.74, 6) is 0. The lowest BCUT2D eigenvalue weighted by molar-refractivity contribution is 0.372. The van der Waals surface area contributed by atoms with Crippen LogP contribution >= 0.6 is 11.7 Å². The lowest BCUT2D eigenvalue weighted by Gasteiger charge is -2.22. The molecule has 1 aliphatic heterocycles. The Morgan fingerprint density at radius 1 is 1.28 bits per heavy atom. The fourth-order valence-electron chi connectivity index (χ4n) is 2.40. The molecule has 0 bridgehead atoms. The van der Waals surface area contributed by atoms with Gasteiger partial charge in [0.2, 0.25) is 0 Å². The summed E-state index contributed by atoms with van der Waals surface area (Å²) in [6, 6.07) is 0. The summed E-state index contributed by atoms with van der Waals surface area (Å²) in [6.07, 6.45) is 9.75. The number of hydrogen-bond donors (Lipinski definition) is 0. The van der Waals surface area contributed by atoms with Crippen molar-refractivity contribution in [3.63, 3.8) is 0 Å². The Balaban J connectivity index is 1.96. The smallest absolute Gasteiger partial charge is 0.104 e. The van der Waals surface area contributed by atoms with Crippen LogP contribution in [-0.2, 0) is 6.42 Å². The normalized spacial score (nSPS) is 16.9. The van der Waals surface area contributed by atoms with Crippen LogP contribution in [0.4, 0.5) is 0 Å². The zero-order valence-electron chi connectivity index (χ0n) is 11.5. The van der Waals surface area contributed by atoms with E-state index in [0.717, 1.165) is 25.9 Å². The number of rotatable bonds is 6. The van der Waals surface area contributed by atoms with E-state index in [1.54, 1.807) is 0 Å². The van der Waals surface area contributed by atoms with Gasteiger partial charge in [-0.15, -0.1) is 0 Å². The van der Waals surface area contributed by atoms with Gasteiger partial charge in [-0.2, -0.15) is 8.75 Å². The van der Waals surface area contributed by atoms with Crippen LogP contribution in [0.3, 0.4) is 0 Å². The summed E-state index contributed by atoms with van der Waals surface area (Å²) in [4.78, 5) is 2.36. The molecule has 18 heavy (non-hydrogen) atoms. The molecule has 0 N–H and O–H groups in total. The average Bonchev–Trinajstić information content (AvgIpc) is 2.83. The highest BCUT2D eigenvalue weighted by Gasteiger charge is 2.16. The second kappa shape index (κ2) is 7.00. The Morgan fingerprint density at radius 3 is 2.94 bits per heavy atom. The van der Waals surface area contributed by atoms with Gasteiger partial charge in [0.05, 0.1) is 17.4 Å². The van der Waals surface area contributed by atoms with Crippen LogP contribution in [0, 0.1) is 0 Å². The summed E-state index contributed by atoms with van der Waals surface area (Å²) >= 11 is 1.37. The number of unbranched alkanes of at least 4 members (excludes halogenated alkanes) is 3. The molecular weight excluding hydrogens is 242 g/mol. The van der Waals surface area contributed by atoms with Crippen molar-refractivity contribution in [1.82, 2.24) is 13.6 Å². The molecule has 0 fully saturated rings. The first-order valence-corrected chi connectivity index (χ1v) is 7.73. The maximum atomic E-state index is 4.51. The first kappa shape index (κ1) is 13.7. The zero-order valence-corrected chi connectivity index (χ0v) is 12.3. The third-order valence-electron chi connectivity index (χ3n) is 3.47. The second-order valence-electron chi connectivity index (χ2n) is 5.13. The van der Waals surface area contributed by atoms with Crippen molar-refractivity contribution in [3.05, 3.63) is 17.5 Å². The first-order chi connectivity index (χ1) is 8.81. The maximum Gasteiger partial charge on any atom is 0.104 e. The highest BCUT2D eigenvalue weighted by Crippen LogP contribution is 2.23. The van der Waals surface area contributed by atoms with Crippen molar-refractivity contribution in [3.8, 4) is 0 Å². The molecule has 0 saturated heterocycles. The molecule has 4 heteroatoms. The first-order valence-electron chi connectivity index (χ1n) is 7.00. The van der Waals surface area contributed by atoms with Gasteiger partial charge in [-0.05, 0) is 31.9 Å². The minimum Gasteiger partial charge on any atom is -0.302 e. The van der Waals surface area contributed by atoms with E-state index in [4.69, 9.17) is 0 Å². The van der Waals surface area contributed by atoms with Gasteiger partial charge in [0, 0.05) is 13.1 Å². The Bertz CT molecular complexity index is 397. The Labute approximate surface area is 114 Å². The minimum absolute atomic E-state index is 1.02. The molecule has 0 unspecified atom stereocenters. The molecule has 0 radical (unpaired) electrons. The van der Waals surface area contributed by atoms with Crippen molar-refractivity contribution in [2.24, 2.45) is 0 Å². The number of nitrogens with zero attached hydrogens (tertiary/aromatic N) is 3. The molecule has 0 aromatic carbocycles. The van der Waals surface area contributed by atoms with E-state index >= 15 is 0 Å². The monoisotopic (exact) mass is 265 g/mol. The van der Waals surface area contributed by atoms with E-state index in [-0.39, 0.29) is 0 Å². The SMILES string of the molecule is CCCCCCc1nsnc1C1=CCCN(C)C1. The highest BCUT2D eigenvalue weighted by atomic mass is 32.1. The summed E-state index contributed by atoms with van der Waals surface area (Å²) < 4.78 is 8.99. The van der Waals surface area contributed by atoms with Crippen molar-refractivity contribution < 1.29 is 0 Å². The number of hydrogen-bond acceptors (Lipinski definition) is 4. The summed E-state index contributed by atoms with van der Waals surface area (Å²) in [6.45, 7) is 4.43. The van der Waals surface area contributed by atoms with Gasteiger partial charge >= 0.3 is 0 Å². The molecule has 2 heterocycles. The summed E-state index contributed by atoms with van der Waals surface area (Å²) in [5, 5.41) is 0. The van der Waals surface area contributed by atoms with Crippen molar-refractivity contribution in [2.45, 2.75) is 45.4 Å². The number of aromatic nitrogens is 2. The topological polar surface area (TPSA) is 29.0 Å². The summed E-state index contributed by atoms with van der Waals surface area (Å²) in [5.41, 5.74) is 3.77. The van der Waals surface area contributed by atoms with Crippen LogP contribution in [0.1, 0.15) is 50.4 Å². The van der Waals surface area contributed by atoms with Gasteiger partial charge in [0.15, 0.2) is 0 Å². The molecular formula is C14H23N3S. The molecule has 3 nitrogen and oxygen atoms in total. The molecule has 0 aliphatic carbocycles. The third-order valence-corrected chi connectivity index (χ3v) is 4.04. The molecule has 1 aromatic rings. The molecule has 100 valence electrons. The van der Waals surface area contributed by atoms with Crippen LogP contribution < -0.4 is 0 Å². The molecule has 1 aromatic heterocycles. The van der Waals surface area contributed by atoms with Crippen molar-refractivity contribution >= 4 is 17.3 Å². The third kappa shape index (κ3) is 3.62. The van der Waals surface area contributed by atoms with Gasteiger partial charge < -0.3 is 4.90 Å². The van der Waals surface area contributed by atoms with E-state index in [1.165, 1.54) is 54.4 Å². The van der Waals surface area contributed by atoms with Gasteiger partial charge in [0.25, 0.3) is 0 Å². The van der Waals surface area contributed by atoms with Crippen LogP contribution in [0.2, 0.25) is 0 Å². The minimum atomic E-state index is 1.02. The van der Waals surface area contributed by atoms with Crippen molar-refractivity contribution in [1.29, 1.82) is 0 Å². The van der Waals surface area contributed by atoms with Crippen molar-refractivity contribution in [2.75, 3.05) is 20.1 Å². The average molecular weight is 265 g/mol. The van der Waals surface area contributed by atoms with Gasteiger partial charge in [-0.25, -0.2) is 0 Å². The molecule has 2 rings (SSSR count). The number of likely N-dealkylation sites (N-methyl/N-ethyl adjacent to an activating group) is 1. The molecule has 0 atom stereocenters. The van der Waals surface area contributed by atoms with Crippen LogP contribution in [0.15, 0.2) is 6.08 Å². The predicted molar refractivity (Wildman–Crippen MR) is 77.8 cm³/mol. The maximum absolute atomic E-state index is 4.51. The van der Waals surface area contributed by atoms with Gasteiger partial charge in [-0.1, -0.05) is 32.3 Å². The van der Waals surface area contributed by atoms with Gasteiger partial charge in [-0.3, -0.25) is 0 Å². The largest absolute Gasteiger partial charge is 0.302 e. The predicted octanol–water partition coefficient (Wildman–Crippen LogP) is 3.38. The Kier molecular flexibility index (Phi) is 5.32. The van der Waals surface area contributed by atoms with Crippen LogP contribution in [0.5, 0.6) is 0 Å². The van der Waals surface area contributed by atoms with E-state index < -0.39 is 0 Å². The van der Waals surface area contributed by atoms with E-state index in [9.17, 15) is 0 Å². The molecule has 1 aliphatic rings. The highest BCUT2D eigenvalue weighted by molar-refractivity contribution is 6.99. The molecule has 0 amide bonds. The lowest BCUT2D eigenvalue weighted by Crippen LogP contribution is -2.25. The fourth-order valence-corrected chi connectivity index (χ4v) is 3.02. The molecule has 0 saturated carbocycles. The van der Waals surface area contributed by atoms with Gasteiger partial charge in [0.1, 0.15) is 5.69 Å². The lowest BCUT2D eigenvalue weighted by atomic mass is 10.0. The van der Waals surface area contributed by atoms with E-state index in [1.807, 2.05) is 0 Å². The quantitative estimate of drug-likeness (QED) is 0.738. The summed E-state index contributed by atoms with van der Waals surface area (Å²) in [7, 11) is 2.17. The second-order valence-corrected chi connectivity index (χ2v) is 5.65. The van der Waals surface area contributed by atoms with Crippen LogP contribution in [-0.4, -0.2) is 33.8 Å². The van der Waals surface area contributed by atoms with Crippen LogP contribution in [0.25, 0.3) is 5.57 Å².